The Labute approximate surface area is 163 Å². The number of cyclic esters (lactones) is 1. The van der Waals surface area contributed by atoms with Gasteiger partial charge in [-0.25, -0.2) is 9.59 Å². The van der Waals surface area contributed by atoms with Crippen molar-refractivity contribution in [3.63, 3.8) is 0 Å². The van der Waals surface area contributed by atoms with E-state index in [1.807, 2.05) is 0 Å². The number of carbonyl (C=O) groups is 3. The highest BCUT2D eigenvalue weighted by Crippen LogP contribution is 2.55. The zero-order chi connectivity index (χ0) is 20.2. The van der Waals surface area contributed by atoms with E-state index in [9.17, 15) is 14.4 Å². The second kappa shape index (κ2) is 6.50. The summed E-state index contributed by atoms with van der Waals surface area (Å²) in [5.41, 5.74) is 2.74. The third-order valence-corrected chi connectivity index (χ3v) is 5.99. The van der Waals surface area contributed by atoms with Crippen LogP contribution in [0, 0.1) is 11.3 Å². The van der Waals surface area contributed by atoms with Crippen molar-refractivity contribution in [3.05, 3.63) is 34.6 Å². The van der Waals surface area contributed by atoms with Crippen LogP contribution in [-0.2, 0) is 33.3 Å². The zero-order valence-electron chi connectivity index (χ0n) is 16.4. The van der Waals surface area contributed by atoms with Crippen molar-refractivity contribution in [1.29, 1.82) is 0 Å². The number of carbonyl (C=O) groups excluding carboxylic acids is 3. The van der Waals surface area contributed by atoms with Gasteiger partial charge in [-0.2, -0.15) is 0 Å². The largest absolute Gasteiger partial charge is 0.458 e. The molecule has 0 bridgehead atoms. The van der Waals surface area contributed by atoms with Gasteiger partial charge < -0.3 is 18.9 Å². The third-order valence-electron chi connectivity index (χ3n) is 5.99. The lowest BCUT2D eigenvalue weighted by Crippen LogP contribution is -2.29. The SMILES string of the molecule is CC(=O)O[C@@H]1C2=C([C@H]3OC(=O)/C(=C/O[C@@H]4C=C(C)C(=O)O4)[C@@H]13)C(C)(C)CCC2. The first kappa shape index (κ1) is 18.8. The van der Waals surface area contributed by atoms with E-state index in [-0.39, 0.29) is 5.41 Å². The minimum Gasteiger partial charge on any atom is -0.458 e. The fourth-order valence-electron chi connectivity index (χ4n) is 4.78. The van der Waals surface area contributed by atoms with Gasteiger partial charge in [-0.05, 0) is 42.7 Å². The molecule has 2 aliphatic carbocycles. The number of fused-ring (bicyclic) bond motifs is 2. The van der Waals surface area contributed by atoms with Gasteiger partial charge in [0.15, 0.2) is 0 Å². The molecule has 7 nitrogen and oxygen atoms in total. The Morgan fingerprint density at radius 2 is 2.00 bits per heavy atom. The predicted molar refractivity (Wildman–Crippen MR) is 96.4 cm³/mol. The van der Waals surface area contributed by atoms with Gasteiger partial charge in [0.05, 0.1) is 17.8 Å². The minimum absolute atomic E-state index is 0.136. The highest BCUT2D eigenvalue weighted by molar-refractivity contribution is 5.93. The number of hydrogen-bond donors (Lipinski definition) is 0. The smallest absolute Gasteiger partial charge is 0.338 e. The number of rotatable bonds is 3. The monoisotopic (exact) mass is 388 g/mol. The maximum absolute atomic E-state index is 12.6. The van der Waals surface area contributed by atoms with Crippen LogP contribution in [0.5, 0.6) is 0 Å². The molecule has 28 heavy (non-hydrogen) atoms. The lowest BCUT2D eigenvalue weighted by Gasteiger charge is -2.34. The highest BCUT2D eigenvalue weighted by atomic mass is 16.7. The number of ether oxygens (including phenoxy) is 4. The fourth-order valence-corrected chi connectivity index (χ4v) is 4.78. The third kappa shape index (κ3) is 2.93. The Hall–Kier alpha value is -2.57. The standard InChI is InChI=1S/C21H24O7/c1-10-8-14(27-19(10)23)25-9-13-15-17(26-11(2)22)12-6-5-7-21(3,4)16(12)18(15)28-20(13)24/h8-9,14-15,17-18H,5-7H2,1-4H3/b13-9+/t14-,15-,17+,18-/m0/s1. The Kier molecular flexibility index (Phi) is 4.36. The van der Waals surface area contributed by atoms with E-state index in [4.69, 9.17) is 18.9 Å². The van der Waals surface area contributed by atoms with E-state index in [2.05, 4.69) is 13.8 Å². The van der Waals surface area contributed by atoms with Gasteiger partial charge in [-0.15, -0.1) is 0 Å². The topological polar surface area (TPSA) is 88.1 Å². The average molecular weight is 388 g/mol. The van der Waals surface area contributed by atoms with Crippen molar-refractivity contribution in [2.45, 2.75) is 65.5 Å². The van der Waals surface area contributed by atoms with Crippen LogP contribution >= 0.6 is 0 Å². The van der Waals surface area contributed by atoms with E-state index < -0.39 is 42.3 Å². The first-order chi connectivity index (χ1) is 13.2. The van der Waals surface area contributed by atoms with Crippen molar-refractivity contribution in [1.82, 2.24) is 0 Å². The molecule has 0 N–H and O–H groups in total. The molecule has 1 fully saturated rings. The molecule has 150 valence electrons. The van der Waals surface area contributed by atoms with E-state index in [1.165, 1.54) is 13.2 Å². The Morgan fingerprint density at radius 3 is 2.64 bits per heavy atom. The summed E-state index contributed by atoms with van der Waals surface area (Å²) in [5, 5.41) is 0. The minimum atomic E-state index is -0.876. The van der Waals surface area contributed by atoms with Crippen molar-refractivity contribution in [2.75, 3.05) is 0 Å². The molecule has 0 spiro atoms. The van der Waals surface area contributed by atoms with Crippen molar-refractivity contribution in [3.8, 4) is 0 Å². The van der Waals surface area contributed by atoms with Gasteiger partial charge in [-0.3, -0.25) is 4.79 Å². The summed E-state index contributed by atoms with van der Waals surface area (Å²) in [6, 6.07) is 0. The van der Waals surface area contributed by atoms with Gasteiger partial charge >= 0.3 is 17.9 Å². The van der Waals surface area contributed by atoms with Gasteiger partial charge in [-0.1, -0.05) is 13.8 Å². The maximum Gasteiger partial charge on any atom is 0.338 e. The number of hydrogen-bond acceptors (Lipinski definition) is 7. The van der Waals surface area contributed by atoms with Crippen LogP contribution in [0.25, 0.3) is 0 Å². The summed E-state index contributed by atoms with van der Waals surface area (Å²) in [6.07, 6.45) is 3.76. The molecule has 0 radical (unpaired) electrons. The quantitative estimate of drug-likeness (QED) is 0.241. The van der Waals surface area contributed by atoms with E-state index in [0.717, 1.165) is 30.4 Å². The van der Waals surface area contributed by atoms with Gasteiger partial charge in [0.2, 0.25) is 0 Å². The molecule has 1 saturated heterocycles. The number of esters is 3. The van der Waals surface area contributed by atoms with Crippen molar-refractivity contribution in [2.24, 2.45) is 11.3 Å². The summed E-state index contributed by atoms with van der Waals surface area (Å²) in [7, 11) is 0. The first-order valence-corrected chi connectivity index (χ1v) is 9.55. The lowest BCUT2D eigenvalue weighted by atomic mass is 9.72. The average Bonchev–Trinajstić information content (AvgIpc) is 3.18. The normalized spacial score (nSPS) is 34.6. The van der Waals surface area contributed by atoms with Crippen LogP contribution in [0.3, 0.4) is 0 Å². The van der Waals surface area contributed by atoms with E-state index in [0.29, 0.717) is 11.1 Å². The molecule has 2 heterocycles. The molecule has 7 heteroatoms. The Bertz CT molecular complexity index is 845. The zero-order valence-corrected chi connectivity index (χ0v) is 16.4. The summed E-state index contributed by atoms with van der Waals surface area (Å²) in [6.45, 7) is 7.26. The van der Waals surface area contributed by atoms with Crippen LogP contribution in [0.4, 0.5) is 0 Å². The summed E-state index contributed by atoms with van der Waals surface area (Å²) < 4.78 is 21.9. The van der Waals surface area contributed by atoms with Crippen LogP contribution < -0.4 is 0 Å². The van der Waals surface area contributed by atoms with Gasteiger partial charge in [0.25, 0.3) is 6.29 Å². The summed E-state index contributed by atoms with van der Waals surface area (Å²) in [5.74, 6) is -1.79. The van der Waals surface area contributed by atoms with Crippen molar-refractivity contribution >= 4 is 17.9 Å². The molecule has 0 unspecified atom stereocenters. The van der Waals surface area contributed by atoms with Crippen LogP contribution in [-0.4, -0.2) is 36.4 Å². The van der Waals surface area contributed by atoms with E-state index in [1.54, 1.807) is 13.0 Å². The predicted octanol–water partition coefficient (Wildman–Crippen LogP) is 2.71. The Balaban J connectivity index is 1.67. The second-order valence-corrected chi connectivity index (χ2v) is 8.39. The maximum atomic E-state index is 12.6. The van der Waals surface area contributed by atoms with Crippen molar-refractivity contribution < 1.29 is 33.3 Å². The van der Waals surface area contributed by atoms with Crippen LogP contribution in [0.1, 0.15) is 47.0 Å². The molecule has 0 aromatic carbocycles. The van der Waals surface area contributed by atoms with Crippen LogP contribution in [0.2, 0.25) is 0 Å². The molecular weight excluding hydrogens is 364 g/mol. The van der Waals surface area contributed by atoms with Gasteiger partial charge in [0.1, 0.15) is 12.2 Å². The fraction of sp³-hybridized carbons (Fsp3) is 0.571. The van der Waals surface area contributed by atoms with Crippen LogP contribution in [0.15, 0.2) is 34.6 Å². The summed E-state index contributed by atoms with van der Waals surface area (Å²) in [4.78, 5) is 35.8. The molecule has 0 aromatic heterocycles. The molecule has 2 aliphatic heterocycles. The molecule has 0 amide bonds. The molecule has 0 saturated carbocycles. The second-order valence-electron chi connectivity index (χ2n) is 8.39. The molecule has 4 rings (SSSR count). The molecule has 4 aliphatic rings. The Morgan fingerprint density at radius 1 is 1.25 bits per heavy atom. The molecular formula is C21H24O7. The summed E-state index contributed by atoms with van der Waals surface area (Å²) >= 11 is 0. The van der Waals surface area contributed by atoms with Gasteiger partial charge in [0, 0.05) is 18.6 Å². The first-order valence-electron chi connectivity index (χ1n) is 9.55. The lowest BCUT2D eigenvalue weighted by molar-refractivity contribution is -0.152. The highest BCUT2D eigenvalue weighted by Gasteiger charge is 2.58. The molecule has 4 atom stereocenters. The molecule has 0 aromatic rings. The van der Waals surface area contributed by atoms with E-state index >= 15 is 0 Å².